The Kier molecular flexibility index (Phi) is 3.53. The normalized spacial score (nSPS) is 18.7. The summed E-state index contributed by atoms with van der Waals surface area (Å²) in [4.78, 5) is 25.3. The highest BCUT2D eigenvalue weighted by Gasteiger charge is 2.21. The highest BCUT2D eigenvalue weighted by molar-refractivity contribution is 5.70. The Hall–Kier alpha value is -1.69. The van der Waals surface area contributed by atoms with Crippen molar-refractivity contribution in [3.8, 4) is 0 Å². The van der Waals surface area contributed by atoms with Crippen molar-refractivity contribution in [2.24, 2.45) is 0 Å². The predicted octanol–water partition coefficient (Wildman–Crippen LogP) is 0.502. The second-order valence-electron chi connectivity index (χ2n) is 4.01. The van der Waals surface area contributed by atoms with E-state index in [0.29, 0.717) is 25.1 Å². The molecule has 0 aromatic carbocycles. The topological polar surface area (TPSA) is 81.4 Å². The molecule has 0 aliphatic carbocycles. The molecule has 6 nitrogen and oxygen atoms in total. The number of rotatable bonds is 6. The summed E-state index contributed by atoms with van der Waals surface area (Å²) < 4.78 is 7.05. The van der Waals surface area contributed by atoms with Crippen molar-refractivity contribution in [2.75, 3.05) is 6.61 Å². The lowest BCUT2D eigenvalue weighted by atomic mass is 10.2. The molecule has 2 heterocycles. The van der Waals surface area contributed by atoms with Gasteiger partial charge in [-0.15, -0.1) is 0 Å². The van der Waals surface area contributed by atoms with Gasteiger partial charge >= 0.3 is 5.97 Å². The van der Waals surface area contributed by atoms with Crippen molar-refractivity contribution < 1.29 is 19.4 Å². The van der Waals surface area contributed by atoms with Gasteiger partial charge in [-0.2, -0.15) is 0 Å². The van der Waals surface area contributed by atoms with E-state index in [2.05, 4.69) is 4.98 Å². The van der Waals surface area contributed by atoms with Crippen LogP contribution in [0, 0.1) is 0 Å². The molecule has 0 unspecified atom stereocenters. The number of carbonyl (C=O) groups excluding carboxylic acids is 1. The summed E-state index contributed by atoms with van der Waals surface area (Å²) in [6, 6.07) is 0. The minimum Gasteiger partial charge on any atom is -0.481 e. The van der Waals surface area contributed by atoms with E-state index >= 15 is 0 Å². The zero-order valence-electron chi connectivity index (χ0n) is 9.33. The average molecular weight is 238 g/mol. The molecule has 2 rings (SSSR count). The van der Waals surface area contributed by atoms with Crippen LogP contribution in [0.4, 0.5) is 0 Å². The monoisotopic (exact) mass is 238 g/mol. The summed E-state index contributed by atoms with van der Waals surface area (Å²) in [6.45, 7) is 1.32. The molecule has 0 amide bonds. The number of hydrogen-bond acceptors (Lipinski definition) is 4. The van der Waals surface area contributed by atoms with E-state index in [-0.39, 0.29) is 12.5 Å². The predicted molar refractivity (Wildman–Crippen MR) is 57.9 cm³/mol. The standard InChI is InChI=1S/C11H14N2O4/c14-7-10-12-5-8(1-2-11(15)16)13(10)6-9-3-4-17-9/h5,7,9H,1-4,6H2,(H,15,16)/t9-/m0/s1. The van der Waals surface area contributed by atoms with Gasteiger partial charge in [-0.1, -0.05) is 0 Å². The van der Waals surface area contributed by atoms with Crippen LogP contribution in [-0.2, 0) is 22.5 Å². The Morgan fingerprint density at radius 2 is 2.47 bits per heavy atom. The van der Waals surface area contributed by atoms with E-state index < -0.39 is 5.97 Å². The van der Waals surface area contributed by atoms with Gasteiger partial charge in [-0.05, 0) is 12.8 Å². The number of aromatic nitrogens is 2. The molecule has 0 spiro atoms. The van der Waals surface area contributed by atoms with Crippen molar-refractivity contribution in [1.29, 1.82) is 0 Å². The van der Waals surface area contributed by atoms with Gasteiger partial charge in [-0.3, -0.25) is 9.59 Å². The van der Waals surface area contributed by atoms with E-state index in [9.17, 15) is 9.59 Å². The van der Waals surface area contributed by atoms with Gasteiger partial charge < -0.3 is 14.4 Å². The van der Waals surface area contributed by atoms with Gasteiger partial charge in [0, 0.05) is 18.5 Å². The number of imidazole rings is 1. The fraction of sp³-hybridized carbons (Fsp3) is 0.545. The SMILES string of the molecule is O=Cc1ncc(CCC(=O)O)n1C[C@@H]1CCO1. The van der Waals surface area contributed by atoms with E-state index in [1.807, 2.05) is 0 Å². The van der Waals surface area contributed by atoms with Crippen LogP contribution < -0.4 is 0 Å². The highest BCUT2D eigenvalue weighted by atomic mass is 16.5. The van der Waals surface area contributed by atoms with Crippen LogP contribution in [-0.4, -0.2) is 39.6 Å². The summed E-state index contributed by atoms with van der Waals surface area (Å²) >= 11 is 0. The van der Waals surface area contributed by atoms with E-state index in [4.69, 9.17) is 9.84 Å². The lowest BCUT2D eigenvalue weighted by molar-refractivity contribution is -0.137. The van der Waals surface area contributed by atoms with E-state index in [1.165, 1.54) is 0 Å². The number of aryl methyl sites for hydroxylation is 1. The first-order chi connectivity index (χ1) is 8.20. The van der Waals surface area contributed by atoms with Crippen molar-refractivity contribution in [2.45, 2.75) is 31.9 Å². The molecule has 17 heavy (non-hydrogen) atoms. The first-order valence-corrected chi connectivity index (χ1v) is 5.53. The van der Waals surface area contributed by atoms with Gasteiger partial charge in [0.1, 0.15) is 0 Å². The second kappa shape index (κ2) is 5.09. The fourth-order valence-electron chi connectivity index (χ4n) is 1.80. The molecule has 1 aromatic heterocycles. The summed E-state index contributed by atoms with van der Waals surface area (Å²) in [5.74, 6) is -0.522. The molecule has 92 valence electrons. The number of ether oxygens (including phenoxy) is 1. The zero-order valence-corrected chi connectivity index (χ0v) is 9.33. The lowest BCUT2D eigenvalue weighted by Gasteiger charge is -2.27. The number of carbonyl (C=O) groups is 2. The van der Waals surface area contributed by atoms with E-state index in [1.54, 1.807) is 10.8 Å². The summed E-state index contributed by atoms with van der Waals surface area (Å²) in [6.07, 6.45) is 3.74. The van der Waals surface area contributed by atoms with Crippen LogP contribution in [0.15, 0.2) is 6.20 Å². The van der Waals surface area contributed by atoms with Gasteiger partial charge in [0.25, 0.3) is 0 Å². The van der Waals surface area contributed by atoms with Gasteiger partial charge in [-0.25, -0.2) is 4.98 Å². The minimum atomic E-state index is -0.856. The number of carboxylic acids is 1. The Morgan fingerprint density at radius 3 is 3.00 bits per heavy atom. The molecule has 1 N–H and O–H groups in total. The third kappa shape index (κ3) is 2.71. The van der Waals surface area contributed by atoms with Crippen LogP contribution in [0.5, 0.6) is 0 Å². The summed E-state index contributed by atoms with van der Waals surface area (Å²) in [5, 5.41) is 8.65. The minimum absolute atomic E-state index is 0.0372. The van der Waals surface area contributed by atoms with Crippen molar-refractivity contribution in [1.82, 2.24) is 9.55 Å². The number of hydrogen-bond donors (Lipinski definition) is 1. The molecular weight excluding hydrogens is 224 g/mol. The van der Waals surface area contributed by atoms with Crippen LogP contribution in [0.1, 0.15) is 29.2 Å². The number of nitrogens with zero attached hydrogens (tertiary/aromatic N) is 2. The average Bonchev–Trinajstić information content (AvgIpc) is 2.62. The summed E-state index contributed by atoms with van der Waals surface area (Å²) in [5.41, 5.74) is 0.769. The van der Waals surface area contributed by atoms with Crippen molar-refractivity contribution in [3.05, 3.63) is 17.7 Å². The fourth-order valence-corrected chi connectivity index (χ4v) is 1.80. The maximum Gasteiger partial charge on any atom is 0.303 e. The maximum absolute atomic E-state index is 10.8. The Labute approximate surface area is 98.2 Å². The molecule has 6 heteroatoms. The Balaban J connectivity index is 2.09. The van der Waals surface area contributed by atoms with Crippen molar-refractivity contribution >= 4 is 12.3 Å². The molecule has 1 aliphatic heterocycles. The molecule has 1 aromatic rings. The van der Waals surface area contributed by atoms with Gasteiger partial charge in [0.15, 0.2) is 12.1 Å². The quantitative estimate of drug-likeness (QED) is 0.730. The lowest BCUT2D eigenvalue weighted by Crippen LogP contribution is -2.32. The smallest absolute Gasteiger partial charge is 0.303 e. The number of carboxylic acid groups (broad SMARTS) is 1. The molecule has 0 bridgehead atoms. The van der Waals surface area contributed by atoms with Crippen LogP contribution in [0.2, 0.25) is 0 Å². The van der Waals surface area contributed by atoms with Crippen LogP contribution in [0.25, 0.3) is 0 Å². The van der Waals surface area contributed by atoms with Crippen molar-refractivity contribution in [3.63, 3.8) is 0 Å². The molecule has 1 atom stereocenters. The second-order valence-corrected chi connectivity index (χ2v) is 4.01. The maximum atomic E-state index is 10.8. The first kappa shape index (κ1) is 11.8. The molecule has 0 saturated carbocycles. The van der Waals surface area contributed by atoms with E-state index in [0.717, 1.165) is 18.7 Å². The first-order valence-electron chi connectivity index (χ1n) is 5.53. The third-order valence-electron chi connectivity index (χ3n) is 2.85. The molecule has 1 fully saturated rings. The largest absolute Gasteiger partial charge is 0.481 e. The third-order valence-corrected chi connectivity index (χ3v) is 2.85. The molecule has 1 aliphatic rings. The Bertz CT molecular complexity index is 423. The van der Waals surface area contributed by atoms with Gasteiger partial charge in [0.05, 0.1) is 19.1 Å². The van der Waals surface area contributed by atoms with Crippen LogP contribution >= 0.6 is 0 Å². The number of aliphatic carboxylic acids is 1. The molecule has 0 radical (unpaired) electrons. The summed E-state index contributed by atoms with van der Waals surface area (Å²) in [7, 11) is 0. The zero-order chi connectivity index (χ0) is 12.3. The Morgan fingerprint density at radius 1 is 1.71 bits per heavy atom. The van der Waals surface area contributed by atoms with Gasteiger partial charge in [0.2, 0.25) is 0 Å². The van der Waals surface area contributed by atoms with Crippen LogP contribution in [0.3, 0.4) is 0 Å². The molecular formula is C11H14N2O4. The number of aldehydes is 1. The molecule has 1 saturated heterocycles. The highest BCUT2D eigenvalue weighted by Crippen LogP contribution is 2.16.